The molecule has 134 valence electrons. The first-order valence-electron chi connectivity index (χ1n) is 8.02. The van der Waals surface area contributed by atoms with E-state index in [0.29, 0.717) is 18.7 Å². The number of benzene rings is 1. The van der Waals surface area contributed by atoms with Crippen LogP contribution in [0.5, 0.6) is 11.5 Å². The zero-order valence-electron chi connectivity index (χ0n) is 14.4. The Kier molecular flexibility index (Phi) is 8.65. The highest BCUT2D eigenvalue weighted by molar-refractivity contribution is 5.85. The third-order valence-corrected chi connectivity index (χ3v) is 4.16. The molecule has 0 aliphatic carbocycles. The lowest BCUT2D eigenvalue weighted by atomic mass is 9.97. The van der Waals surface area contributed by atoms with Crippen LogP contribution >= 0.6 is 12.4 Å². The van der Waals surface area contributed by atoms with Gasteiger partial charge in [0.1, 0.15) is 0 Å². The molecule has 1 aromatic rings. The molecule has 0 atom stereocenters. The zero-order chi connectivity index (χ0) is 16.7. The van der Waals surface area contributed by atoms with Crippen LogP contribution in [0, 0.1) is 5.92 Å². The van der Waals surface area contributed by atoms with E-state index >= 15 is 0 Å². The standard InChI is InChI=1S/C18H26N2O3.ClH/c1-4-5-15-10-13(11-16(22-2)17(15)23-3)12-20-18(21)14-6-8-19-9-7-14;/h4,10-11,14,19H,1,5-9,12H2,2-3H3,(H,20,21);1H. The van der Waals surface area contributed by atoms with Gasteiger partial charge in [0.15, 0.2) is 11.5 Å². The number of methoxy groups -OCH3 is 2. The largest absolute Gasteiger partial charge is 0.493 e. The zero-order valence-corrected chi connectivity index (χ0v) is 15.2. The molecule has 1 aliphatic heterocycles. The fourth-order valence-corrected chi connectivity index (χ4v) is 2.93. The van der Waals surface area contributed by atoms with Crippen molar-refractivity contribution in [2.24, 2.45) is 5.92 Å². The van der Waals surface area contributed by atoms with Gasteiger partial charge in [-0.1, -0.05) is 6.08 Å². The SMILES string of the molecule is C=CCc1cc(CNC(=O)C2CCNCC2)cc(OC)c1OC.Cl. The Morgan fingerprint density at radius 1 is 1.33 bits per heavy atom. The van der Waals surface area contributed by atoms with Gasteiger partial charge >= 0.3 is 0 Å². The maximum atomic E-state index is 12.2. The fourth-order valence-electron chi connectivity index (χ4n) is 2.93. The summed E-state index contributed by atoms with van der Waals surface area (Å²) in [5.41, 5.74) is 2.01. The lowest BCUT2D eigenvalue weighted by molar-refractivity contribution is -0.125. The summed E-state index contributed by atoms with van der Waals surface area (Å²) in [6.07, 6.45) is 4.32. The van der Waals surface area contributed by atoms with Gasteiger partial charge in [-0.05, 0) is 50.0 Å². The summed E-state index contributed by atoms with van der Waals surface area (Å²) in [6.45, 7) is 6.10. The second kappa shape index (κ2) is 10.2. The van der Waals surface area contributed by atoms with Crippen LogP contribution < -0.4 is 20.1 Å². The van der Waals surface area contributed by atoms with Crippen molar-refractivity contribution in [1.29, 1.82) is 0 Å². The van der Waals surface area contributed by atoms with Gasteiger partial charge < -0.3 is 20.1 Å². The Balaban J connectivity index is 0.00000288. The lowest BCUT2D eigenvalue weighted by Crippen LogP contribution is -2.37. The van der Waals surface area contributed by atoms with E-state index in [1.165, 1.54) is 0 Å². The molecule has 6 heteroatoms. The van der Waals surface area contributed by atoms with Gasteiger partial charge in [0, 0.05) is 18.0 Å². The minimum Gasteiger partial charge on any atom is -0.493 e. The van der Waals surface area contributed by atoms with Gasteiger partial charge in [-0.15, -0.1) is 19.0 Å². The van der Waals surface area contributed by atoms with Gasteiger partial charge in [-0.25, -0.2) is 0 Å². The van der Waals surface area contributed by atoms with Crippen LogP contribution in [0.25, 0.3) is 0 Å². The molecule has 1 saturated heterocycles. The van der Waals surface area contributed by atoms with Gasteiger partial charge in [0.05, 0.1) is 14.2 Å². The van der Waals surface area contributed by atoms with Crippen molar-refractivity contribution in [3.05, 3.63) is 35.9 Å². The van der Waals surface area contributed by atoms with E-state index in [4.69, 9.17) is 9.47 Å². The van der Waals surface area contributed by atoms with Gasteiger partial charge in [0.2, 0.25) is 5.91 Å². The van der Waals surface area contributed by atoms with Crippen molar-refractivity contribution in [3.63, 3.8) is 0 Å². The highest BCUT2D eigenvalue weighted by Crippen LogP contribution is 2.33. The number of carbonyl (C=O) groups excluding carboxylic acids is 1. The van der Waals surface area contributed by atoms with E-state index in [1.807, 2.05) is 18.2 Å². The molecule has 24 heavy (non-hydrogen) atoms. The molecule has 1 amide bonds. The van der Waals surface area contributed by atoms with E-state index in [1.54, 1.807) is 14.2 Å². The normalized spacial score (nSPS) is 14.4. The van der Waals surface area contributed by atoms with Crippen molar-refractivity contribution in [2.45, 2.75) is 25.8 Å². The molecule has 1 heterocycles. The van der Waals surface area contributed by atoms with Crippen molar-refractivity contribution in [1.82, 2.24) is 10.6 Å². The molecule has 0 spiro atoms. The molecular formula is C18H27ClN2O3. The molecule has 0 aromatic heterocycles. The van der Waals surface area contributed by atoms with Gasteiger partial charge in [0.25, 0.3) is 0 Å². The fraction of sp³-hybridized carbons (Fsp3) is 0.500. The molecule has 5 nitrogen and oxygen atoms in total. The molecule has 0 bridgehead atoms. The first-order chi connectivity index (χ1) is 11.2. The maximum Gasteiger partial charge on any atom is 0.223 e. The molecule has 1 aromatic carbocycles. The molecule has 0 unspecified atom stereocenters. The number of carbonyl (C=O) groups is 1. The summed E-state index contributed by atoms with van der Waals surface area (Å²) in [7, 11) is 3.25. The Morgan fingerprint density at radius 3 is 2.62 bits per heavy atom. The minimum atomic E-state index is 0. The summed E-state index contributed by atoms with van der Waals surface area (Å²) in [4.78, 5) is 12.2. The first kappa shape index (κ1) is 20.3. The number of hydrogen-bond donors (Lipinski definition) is 2. The lowest BCUT2D eigenvalue weighted by Gasteiger charge is -2.22. The van der Waals surface area contributed by atoms with Crippen molar-refractivity contribution in [2.75, 3.05) is 27.3 Å². The Bertz CT molecular complexity index is 557. The van der Waals surface area contributed by atoms with Crippen LogP contribution in [-0.4, -0.2) is 33.2 Å². The summed E-state index contributed by atoms with van der Waals surface area (Å²) >= 11 is 0. The Labute approximate surface area is 150 Å². The third-order valence-electron chi connectivity index (χ3n) is 4.16. The van der Waals surface area contributed by atoms with E-state index in [0.717, 1.165) is 42.8 Å². The molecule has 0 radical (unpaired) electrons. The Morgan fingerprint density at radius 2 is 2.04 bits per heavy atom. The summed E-state index contributed by atoms with van der Waals surface area (Å²) in [5.74, 6) is 1.65. The van der Waals surface area contributed by atoms with E-state index in [2.05, 4.69) is 17.2 Å². The summed E-state index contributed by atoms with van der Waals surface area (Å²) in [6, 6.07) is 3.94. The van der Waals surface area contributed by atoms with Crippen LogP contribution in [0.15, 0.2) is 24.8 Å². The second-order valence-corrected chi connectivity index (χ2v) is 5.73. The topological polar surface area (TPSA) is 59.6 Å². The predicted octanol–water partition coefficient (Wildman–Crippen LogP) is 2.47. The molecule has 1 fully saturated rings. The highest BCUT2D eigenvalue weighted by atomic mass is 35.5. The molecular weight excluding hydrogens is 328 g/mol. The van der Waals surface area contributed by atoms with Crippen LogP contribution in [0.3, 0.4) is 0 Å². The first-order valence-corrected chi connectivity index (χ1v) is 8.02. The second-order valence-electron chi connectivity index (χ2n) is 5.73. The number of hydrogen-bond acceptors (Lipinski definition) is 4. The van der Waals surface area contributed by atoms with E-state index in [9.17, 15) is 4.79 Å². The summed E-state index contributed by atoms with van der Waals surface area (Å²) in [5, 5.41) is 6.31. The van der Waals surface area contributed by atoms with Crippen molar-refractivity contribution in [3.8, 4) is 11.5 Å². The minimum absolute atomic E-state index is 0. The van der Waals surface area contributed by atoms with E-state index in [-0.39, 0.29) is 24.2 Å². The van der Waals surface area contributed by atoms with Gasteiger partial charge in [-0.3, -0.25) is 4.79 Å². The number of ether oxygens (including phenoxy) is 2. The molecule has 1 aliphatic rings. The average molecular weight is 355 g/mol. The number of piperidine rings is 1. The van der Waals surface area contributed by atoms with E-state index < -0.39 is 0 Å². The maximum absolute atomic E-state index is 12.2. The number of rotatable bonds is 7. The summed E-state index contributed by atoms with van der Waals surface area (Å²) < 4.78 is 10.8. The third kappa shape index (κ3) is 5.14. The monoisotopic (exact) mass is 354 g/mol. The number of amides is 1. The quantitative estimate of drug-likeness (QED) is 0.738. The van der Waals surface area contributed by atoms with Crippen LogP contribution in [0.2, 0.25) is 0 Å². The van der Waals surface area contributed by atoms with Gasteiger partial charge in [-0.2, -0.15) is 0 Å². The number of halogens is 1. The number of allylic oxidation sites excluding steroid dienone is 1. The highest BCUT2D eigenvalue weighted by Gasteiger charge is 2.20. The molecule has 2 N–H and O–H groups in total. The predicted molar refractivity (Wildman–Crippen MR) is 98.1 cm³/mol. The smallest absolute Gasteiger partial charge is 0.223 e. The van der Waals surface area contributed by atoms with Crippen LogP contribution in [0.4, 0.5) is 0 Å². The average Bonchev–Trinajstić information content (AvgIpc) is 2.60. The van der Waals surface area contributed by atoms with Crippen molar-refractivity contribution >= 4 is 18.3 Å². The molecule has 0 saturated carbocycles. The van der Waals surface area contributed by atoms with Crippen LogP contribution in [-0.2, 0) is 17.8 Å². The number of nitrogens with one attached hydrogen (secondary N) is 2. The molecule has 2 rings (SSSR count). The van der Waals surface area contributed by atoms with Crippen LogP contribution in [0.1, 0.15) is 24.0 Å². The Hall–Kier alpha value is -1.72. The van der Waals surface area contributed by atoms with Crippen molar-refractivity contribution < 1.29 is 14.3 Å².